The fourth-order valence-corrected chi connectivity index (χ4v) is 3.00. The molecule has 1 heterocycles. The number of nitrogens with zero attached hydrogens (tertiary/aromatic N) is 3. The number of rotatable bonds is 7. The molecule has 1 amide bonds. The van der Waals surface area contributed by atoms with Crippen LogP contribution in [0.15, 0.2) is 53.1 Å². The van der Waals surface area contributed by atoms with Crippen molar-refractivity contribution < 1.29 is 26.9 Å². The molecule has 164 valence electrons. The molecular formula is C22H21F4N3O2. The van der Waals surface area contributed by atoms with Crippen LogP contribution >= 0.6 is 0 Å². The maximum Gasteiger partial charge on any atom is 0.416 e. The van der Waals surface area contributed by atoms with Crippen molar-refractivity contribution in [1.29, 1.82) is 0 Å². The quantitative estimate of drug-likeness (QED) is 0.468. The molecule has 5 nitrogen and oxygen atoms in total. The summed E-state index contributed by atoms with van der Waals surface area (Å²) in [5.41, 5.74) is -0.0415. The van der Waals surface area contributed by atoms with Crippen molar-refractivity contribution in [3.05, 3.63) is 71.4 Å². The molecule has 31 heavy (non-hydrogen) atoms. The van der Waals surface area contributed by atoms with Gasteiger partial charge in [0, 0.05) is 30.1 Å². The highest BCUT2D eigenvalue weighted by atomic mass is 19.4. The Labute approximate surface area is 176 Å². The first-order valence-electron chi connectivity index (χ1n) is 9.75. The summed E-state index contributed by atoms with van der Waals surface area (Å²) in [4.78, 5) is 18.8. The summed E-state index contributed by atoms with van der Waals surface area (Å²) < 4.78 is 56.6. The second-order valence-corrected chi connectivity index (χ2v) is 7.10. The van der Waals surface area contributed by atoms with Gasteiger partial charge in [-0.15, -0.1) is 0 Å². The molecule has 1 unspecified atom stereocenters. The number of hydrogen-bond donors (Lipinski definition) is 0. The van der Waals surface area contributed by atoms with E-state index in [0.717, 1.165) is 12.1 Å². The fourth-order valence-electron chi connectivity index (χ4n) is 3.00. The SMILES string of the molecule is CCC(C)N(CCc1nc(-c2ccc(F)cc2)no1)C(=O)c1ccc(C(F)(F)F)cc1. The third-order valence-electron chi connectivity index (χ3n) is 4.98. The number of aromatic nitrogens is 2. The first-order chi connectivity index (χ1) is 14.7. The first kappa shape index (κ1) is 22.5. The van der Waals surface area contributed by atoms with E-state index >= 15 is 0 Å². The van der Waals surface area contributed by atoms with Gasteiger partial charge in [0.15, 0.2) is 0 Å². The van der Waals surface area contributed by atoms with Gasteiger partial charge < -0.3 is 9.42 Å². The molecule has 0 bridgehead atoms. The molecule has 2 aromatic carbocycles. The summed E-state index contributed by atoms with van der Waals surface area (Å²) in [5, 5.41) is 3.88. The lowest BCUT2D eigenvalue weighted by Crippen LogP contribution is -2.39. The summed E-state index contributed by atoms with van der Waals surface area (Å²) in [7, 11) is 0. The van der Waals surface area contributed by atoms with Gasteiger partial charge in [-0.05, 0) is 61.9 Å². The Morgan fingerprint density at radius 3 is 2.32 bits per heavy atom. The highest BCUT2D eigenvalue weighted by molar-refractivity contribution is 5.94. The lowest BCUT2D eigenvalue weighted by atomic mass is 10.1. The minimum atomic E-state index is -4.46. The van der Waals surface area contributed by atoms with Crippen molar-refractivity contribution in [3.8, 4) is 11.4 Å². The Hall–Kier alpha value is -3.23. The summed E-state index contributed by atoms with van der Waals surface area (Å²) in [6.07, 6.45) is -3.53. The van der Waals surface area contributed by atoms with Gasteiger partial charge in [0.25, 0.3) is 5.91 Å². The predicted molar refractivity (Wildman–Crippen MR) is 106 cm³/mol. The van der Waals surface area contributed by atoms with Gasteiger partial charge in [0.2, 0.25) is 11.7 Å². The first-order valence-corrected chi connectivity index (χ1v) is 9.75. The van der Waals surface area contributed by atoms with Crippen LogP contribution in [-0.2, 0) is 12.6 Å². The Kier molecular flexibility index (Phi) is 6.72. The number of alkyl halides is 3. The molecule has 0 saturated heterocycles. The van der Waals surface area contributed by atoms with Crippen LogP contribution in [0.25, 0.3) is 11.4 Å². The van der Waals surface area contributed by atoms with Crippen molar-refractivity contribution in [2.45, 2.75) is 38.9 Å². The maximum atomic E-state index is 13.1. The van der Waals surface area contributed by atoms with Crippen molar-refractivity contribution in [2.24, 2.45) is 0 Å². The summed E-state index contributed by atoms with van der Waals surface area (Å²) >= 11 is 0. The van der Waals surface area contributed by atoms with E-state index in [-0.39, 0.29) is 36.3 Å². The molecule has 0 aliphatic rings. The normalized spacial score (nSPS) is 12.6. The minimum Gasteiger partial charge on any atom is -0.339 e. The van der Waals surface area contributed by atoms with E-state index in [2.05, 4.69) is 10.1 Å². The minimum absolute atomic E-state index is 0.144. The molecular weight excluding hydrogens is 414 g/mol. The Morgan fingerprint density at radius 1 is 1.10 bits per heavy atom. The third-order valence-corrected chi connectivity index (χ3v) is 4.98. The Bertz CT molecular complexity index is 1010. The molecule has 3 aromatic rings. The Morgan fingerprint density at radius 2 is 1.74 bits per heavy atom. The summed E-state index contributed by atoms with van der Waals surface area (Å²) in [5.74, 6) is -0.146. The zero-order valence-corrected chi connectivity index (χ0v) is 17.0. The molecule has 1 aromatic heterocycles. The maximum absolute atomic E-state index is 13.1. The molecule has 0 saturated carbocycles. The van der Waals surface area contributed by atoms with E-state index in [1.807, 2.05) is 13.8 Å². The van der Waals surface area contributed by atoms with Crippen molar-refractivity contribution >= 4 is 5.91 Å². The molecule has 3 rings (SSSR count). The van der Waals surface area contributed by atoms with E-state index in [0.29, 0.717) is 23.7 Å². The standard InChI is InChI=1S/C22H21F4N3O2/c1-3-14(2)29(21(30)16-4-8-17(9-5-16)22(24,25)26)13-12-19-27-20(28-31-19)15-6-10-18(23)11-7-15/h4-11,14H,3,12-13H2,1-2H3. The van der Waals surface area contributed by atoms with Gasteiger partial charge in [-0.3, -0.25) is 4.79 Å². The van der Waals surface area contributed by atoms with E-state index in [4.69, 9.17) is 4.52 Å². The molecule has 9 heteroatoms. The summed E-state index contributed by atoms with van der Waals surface area (Å²) in [6.45, 7) is 4.02. The second kappa shape index (κ2) is 9.28. The van der Waals surface area contributed by atoms with Gasteiger partial charge in [-0.25, -0.2) is 4.39 Å². The van der Waals surface area contributed by atoms with Crippen LogP contribution in [0.5, 0.6) is 0 Å². The number of benzene rings is 2. The van der Waals surface area contributed by atoms with Crippen LogP contribution in [0.4, 0.5) is 17.6 Å². The monoisotopic (exact) mass is 435 g/mol. The van der Waals surface area contributed by atoms with Crippen molar-refractivity contribution in [2.75, 3.05) is 6.54 Å². The lowest BCUT2D eigenvalue weighted by Gasteiger charge is -2.28. The van der Waals surface area contributed by atoms with E-state index < -0.39 is 11.7 Å². The lowest BCUT2D eigenvalue weighted by molar-refractivity contribution is -0.137. The number of amides is 1. The number of halogens is 4. The van der Waals surface area contributed by atoms with Gasteiger partial charge in [0.1, 0.15) is 5.82 Å². The third kappa shape index (κ3) is 5.48. The summed E-state index contributed by atoms with van der Waals surface area (Å²) in [6, 6.07) is 9.66. The zero-order chi connectivity index (χ0) is 22.6. The molecule has 0 aliphatic heterocycles. The molecule has 0 N–H and O–H groups in total. The fraction of sp³-hybridized carbons (Fsp3) is 0.318. The van der Waals surface area contributed by atoms with Gasteiger partial charge >= 0.3 is 6.18 Å². The Balaban J connectivity index is 1.72. The van der Waals surface area contributed by atoms with Crippen LogP contribution in [-0.4, -0.2) is 33.5 Å². The highest BCUT2D eigenvalue weighted by Gasteiger charge is 2.30. The largest absolute Gasteiger partial charge is 0.416 e. The topological polar surface area (TPSA) is 59.2 Å². The van der Waals surface area contributed by atoms with Crippen molar-refractivity contribution in [3.63, 3.8) is 0 Å². The van der Waals surface area contributed by atoms with Crippen LogP contribution in [0.2, 0.25) is 0 Å². The number of carbonyl (C=O) groups excluding carboxylic acids is 1. The zero-order valence-electron chi connectivity index (χ0n) is 17.0. The second-order valence-electron chi connectivity index (χ2n) is 7.10. The molecule has 0 radical (unpaired) electrons. The number of carbonyl (C=O) groups is 1. The van der Waals surface area contributed by atoms with Crippen LogP contribution in [0.3, 0.4) is 0 Å². The van der Waals surface area contributed by atoms with Crippen LogP contribution in [0.1, 0.15) is 42.1 Å². The average molecular weight is 435 g/mol. The van der Waals surface area contributed by atoms with Gasteiger partial charge in [-0.1, -0.05) is 12.1 Å². The smallest absolute Gasteiger partial charge is 0.339 e. The van der Waals surface area contributed by atoms with Crippen LogP contribution in [0, 0.1) is 5.82 Å². The highest BCUT2D eigenvalue weighted by Crippen LogP contribution is 2.29. The van der Waals surface area contributed by atoms with Gasteiger partial charge in [0.05, 0.1) is 5.56 Å². The van der Waals surface area contributed by atoms with Gasteiger partial charge in [-0.2, -0.15) is 18.2 Å². The number of hydrogen-bond acceptors (Lipinski definition) is 4. The average Bonchev–Trinajstić information content (AvgIpc) is 3.22. The van der Waals surface area contributed by atoms with Crippen LogP contribution < -0.4 is 0 Å². The van der Waals surface area contributed by atoms with Crippen molar-refractivity contribution in [1.82, 2.24) is 15.0 Å². The van der Waals surface area contributed by atoms with E-state index in [1.165, 1.54) is 36.4 Å². The van der Waals surface area contributed by atoms with E-state index in [1.54, 1.807) is 4.90 Å². The van der Waals surface area contributed by atoms with E-state index in [9.17, 15) is 22.4 Å². The molecule has 0 fully saturated rings. The molecule has 1 atom stereocenters. The predicted octanol–water partition coefficient (Wildman–Crippen LogP) is 5.38. The molecule has 0 spiro atoms. The molecule has 0 aliphatic carbocycles.